The Hall–Kier alpha value is -1.48. The second kappa shape index (κ2) is 5.44. The molecule has 3 nitrogen and oxygen atoms in total. The number of H-pyrrole nitrogens is 1. The van der Waals surface area contributed by atoms with Crippen LogP contribution in [0.5, 0.6) is 0 Å². The fourth-order valence-corrected chi connectivity index (χ4v) is 2.33. The number of aromatic nitrogens is 1. The van der Waals surface area contributed by atoms with Gasteiger partial charge in [0.15, 0.2) is 0 Å². The van der Waals surface area contributed by atoms with E-state index < -0.39 is 0 Å². The molecule has 1 heterocycles. The molecule has 0 bridgehead atoms. The molecule has 1 atom stereocenters. The molecule has 1 unspecified atom stereocenters. The highest BCUT2D eigenvalue weighted by molar-refractivity contribution is 5.94. The number of benzene rings is 1. The van der Waals surface area contributed by atoms with Gasteiger partial charge in [0.05, 0.1) is 5.69 Å². The summed E-state index contributed by atoms with van der Waals surface area (Å²) in [6, 6.07) is 8.38. The Kier molecular flexibility index (Phi) is 3.92. The zero-order valence-corrected chi connectivity index (χ0v) is 11.5. The molecule has 0 spiro atoms. The highest BCUT2D eigenvalue weighted by Gasteiger charge is 2.13. The van der Waals surface area contributed by atoms with E-state index >= 15 is 0 Å². The largest absolute Gasteiger partial charge is 0.383 e. The van der Waals surface area contributed by atoms with Gasteiger partial charge in [-0.25, -0.2) is 0 Å². The maximum absolute atomic E-state index is 5.82. The summed E-state index contributed by atoms with van der Waals surface area (Å²) in [5.74, 6) is 1.12. The first kappa shape index (κ1) is 13.0. The number of aryl methyl sites for hydroxylation is 1. The molecule has 0 aliphatic carbocycles. The van der Waals surface area contributed by atoms with E-state index in [1.165, 1.54) is 22.3 Å². The summed E-state index contributed by atoms with van der Waals surface area (Å²) in [6.07, 6.45) is 0. The number of rotatable bonds is 5. The lowest BCUT2D eigenvalue weighted by molar-refractivity contribution is 0.413. The Morgan fingerprint density at radius 1 is 1.28 bits per heavy atom. The van der Waals surface area contributed by atoms with Gasteiger partial charge in [-0.15, -0.1) is 0 Å². The molecule has 18 heavy (non-hydrogen) atoms. The SMILES string of the molecule is Cc1[nH]c2ccccc2c1NCC(CN)C(C)C. The molecule has 0 amide bonds. The van der Waals surface area contributed by atoms with Gasteiger partial charge < -0.3 is 16.0 Å². The zero-order valence-electron chi connectivity index (χ0n) is 11.5. The summed E-state index contributed by atoms with van der Waals surface area (Å²) in [5, 5.41) is 4.82. The van der Waals surface area contributed by atoms with Gasteiger partial charge in [0, 0.05) is 23.1 Å². The second-order valence-corrected chi connectivity index (χ2v) is 5.29. The predicted octanol–water partition coefficient (Wildman–Crippen LogP) is 3.12. The van der Waals surface area contributed by atoms with Gasteiger partial charge in [-0.05, 0) is 31.4 Å². The smallest absolute Gasteiger partial charge is 0.0628 e. The van der Waals surface area contributed by atoms with Gasteiger partial charge in [-0.1, -0.05) is 32.0 Å². The van der Waals surface area contributed by atoms with Gasteiger partial charge in [0.1, 0.15) is 0 Å². The summed E-state index contributed by atoms with van der Waals surface area (Å²) in [7, 11) is 0. The topological polar surface area (TPSA) is 53.8 Å². The number of para-hydroxylation sites is 1. The molecule has 0 aliphatic heterocycles. The normalized spacial score (nSPS) is 13.2. The summed E-state index contributed by atoms with van der Waals surface area (Å²) in [5.41, 5.74) is 9.41. The van der Waals surface area contributed by atoms with Crippen LogP contribution in [0.15, 0.2) is 24.3 Å². The molecule has 0 fully saturated rings. The molecule has 98 valence electrons. The number of fused-ring (bicyclic) bond motifs is 1. The fourth-order valence-electron chi connectivity index (χ4n) is 2.33. The first-order chi connectivity index (χ1) is 8.63. The quantitative estimate of drug-likeness (QED) is 0.758. The molecule has 1 aromatic heterocycles. The minimum Gasteiger partial charge on any atom is -0.383 e. The molecular formula is C15H23N3. The third-order valence-electron chi connectivity index (χ3n) is 3.68. The summed E-state index contributed by atoms with van der Waals surface area (Å²) >= 11 is 0. The lowest BCUT2D eigenvalue weighted by atomic mass is 9.96. The maximum Gasteiger partial charge on any atom is 0.0628 e. The van der Waals surface area contributed by atoms with E-state index in [0.29, 0.717) is 11.8 Å². The van der Waals surface area contributed by atoms with Crippen molar-refractivity contribution in [1.29, 1.82) is 0 Å². The highest BCUT2D eigenvalue weighted by atomic mass is 14.9. The molecule has 4 N–H and O–H groups in total. The molecule has 2 aromatic rings. The standard InChI is InChI=1S/C15H23N3/c1-10(2)12(8-16)9-17-15-11(3)18-14-7-5-4-6-13(14)15/h4-7,10,12,17-18H,8-9,16H2,1-3H3. The second-order valence-electron chi connectivity index (χ2n) is 5.29. The number of hydrogen-bond acceptors (Lipinski definition) is 2. The molecule has 2 rings (SSSR count). The number of anilines is 1. The summed E-state index contributed by atoms with van der Waals surface area (Å²) < 4.78 is 0. The number of nitrogens with one attached hydrogen (secondary N) is 2. The molecule has 0 radical (unpaired) electrons. The van der Waals surface area contributed by atoms with Crippen LogP contribution in [0, 0.1) is 18.8 Å². The van der Waals surface area contributed by atoms with Crippen LogP contribution >= 0.6 is 0 Å². The van der Waals surface area contributed by atoms with Crippen molar-refractivity contribution >= 4 is 16.6 Å². The number of hydrogen-bond donors (Lipinski definition) is 3. The van der Waals surface area contributed by atoms with Crippen LogP contribution < -0.4 is 11.1 Å². The van der Waals surface area contributed by atoms with E-state index in [1.807, 2.05) is 0 Å². The van der Waals surface area contributed by atoms with Crippen molar-refractivity contribution in [2.45, 2.75) is 20.8 Å². The van der Waals surface area contributed by atoms with Gasteiger partial charge in [0.2, 0.25) is 0 Å². The Morgan fingerprint density at radius 2 is 2.00 bits per heavy atom. The molecule has 3 heteroatoms. The van der Waals surface area contributed by atoms with Crippen molar-refractivity contribution in [2.75, 3.05) is 18.4 Å². The van der Waals surface area contributed by atoms with Crippen molar-refractivity contribution in [3.8, 4) is 0 Å². The average molecular weight is 245 g/mol. The van der Waals surface area contributed by atoms with Crippen molar-refractivity contribution in [2.24, 2.45) is 17.6 Å². The lowest BCUT2D eigenvalue weighted by Crippen LogP contribution is -2.27. The Labute approximate surface area is 109 Å². The van der Waals surface area contributed by atoms with Crippen LogP contribution in [-0.4, -0.2) is 18.1 Å². The van der Waals surface area contributed by atoms with Crippen LogP contribution in [0.25, 0.3) is 10.9 Å². The third kappa shape index (κ3) is 2.51. The van der Waals surface area contributed by atoms with Gasteiger partial charge >= 0.3 is 0 Å². The first-order valence-electron chi connectivity index (χ1n) is 6.64. The van der Waals surface area contributed by atoms with Gasteiger partial charge in [0.25, 0.3) is 0 Å². The first-order valence-corrected chi connectivity index (χ1v) is 6.64. The molecule has 0 aliphatic rings. The summed E-state index contributed by atoms with van der Waals surface area (Å²) in [4.78, 5) is 3.40. The van der Waals surface area contributed by atoms with E-state index in [9.17, 15) is 0 Å². The lowest BCUT2D eigenvalue weighted by Gasteiger charge is -2.20. The van der Waals surface area contributed by atoms with E-state index in [0.717, 1.165) is 13.1 Å². The fraction of sp³-hybridized carbons (Fsp3) is 0.467. The molecule has 0 saturated carbocycles. The molecule has 1 aromatic carbocycles. The number of nitrogens with two attached hydrogens (primary N) is 1. The van der Waals surface area contributed by atoms with Crippen LogP contribution in [0.2, 0.25) is 0 Å². The van der Waals surface area contributed by atoms with Gasteiger partial charge in [-0.3, -0.25) is 0 Å². The predicted molar refractivity (Wildman–Crippen MR) is 78.9 cm³/mol. The van der Waals surface area contributed by atoms with E-state index in [4.69, 9.17) is 5.73 Å². The minimum absolute atomic E-state index is 0.512. The molecule has 0 saturated heterocycles. The summed E-state index contributed by atoms with van der Waals surface area (Å²) in [6.45, 7) is 8.21. The van der Waals surface area contributed by atoms with Crippen molar-refractivity contribution in [3.05, 3.63) is 30.0 Å². The van der Waals surface area contributed by atoms with Crippen molar-refractivity contribution < 1.29 is 0 Å². The number of aromatic amines is 1. The van der Waals surface area contributed by atoms with E-state index in [1.54, 1.807) is 0 Å². The van der Waals surface area contributed by atoms with Crippen LogP contribution in [0.1, 0.15) is 19.5 Å². The van der Waals surface area contributed by atoms with E-state index in [-0.39, 0.29) is 0 Å². The zero-order chi connectivity index (χ0) is 13.1. The monoisotopic (exact) mass is 245 g/mol. The van der Waals surface area contributed by atoms with E-state index in [2.05, 4.69) is 55.3 Å². The highest BCUT2D eigenvalue weighted by Crippen LogP contribution is 2.27. The van der Waals surface area contributed by atoms with Gasteiger partial charge in [-0.2, -0.15) is 0 Å². The van der Waals surface area contributed by atoms with Crippen LogP contribution in [0.4, 0.5) is 5.69 Å². The Balaban J connectivity index is 2.19. The maximum atomic E-state index is 5.82. The van der Waals surface area contributed by atoms with Crippen LogP contribution in [0.3, 0.4) is 0 Å². The Bertz CT molecular complexity index is 513. The third-order valence-corrected chi connectivity index (χ3v) is 3.68. The van der Waals surface area contributed by atoms with Crippen molar-refractivity contribution in [3.63, 3.8) is 0 Å². The molecular weight excluding hydrogens is 222 g/mol. The average Bonchev–Trinajstić information content (AvgIpc) is 2.66. The Morgan fingerprint density at radius 3 is 2.67 bits per heavy atom. The van der Waals surface area contributed by atoms with Crippen LogP contribution in [-0.2, 0) is 0 Å². The minimum atomic E-state index is 0.512. The van der Waals surface area contributed by atoms with Crippen molar-refractivity contribution in [1.82, 2.24) is 4.98 Å².